The zero-order valence-corrected chi connectivity index (χ0v) is 10.6. The van der Waals surface area contributed by atoms with Crippen LogP contribution in [0.25, 0.3) is 0 Å². The minimum atomic E-state index is -0.679. The van der Waals surface area contributed by atoms with Gasteiger partial charge in [0.15, 0.2) is 0 Å². The van der Waals surface area contributed by atoms with Crippen molar-refractivity contribution in [3.63, 3.8) is 0 Å². The average molecular weight is 254 g/mol. The summed E-state index contributed by atoms with van der Waals surface area (Å²) in [7, 11) is 1.54. The van der Waals surface area contributed by atoms with Gasteiger partial charge in [0.05, 0.1) is 13.2 Å². The maximum Gasteiger partial charge on any atom is 0.315 e. The summed E-state index contributed by atoms with van der Waals surface area (Å²) in [6.45, 7) is 3.12. The number of benzene rings is 1. The largest absolute Gasteiger partial charge is 0.491 e. The quantitative estimate of drug-likeness (QED) is 0.523. The van der Waals surface area contributed by atoms with Crippen molar-refractivity contribution in [1.29, 1.82) is 0 Å². The van der Waals surface area contributed by atoms with Gasteiger partial charge in [-0.15, -0.1) is 0 Å². The van der Waals surface area contributed by atoms with E-state index in [0.29, 0.717) is 19.0 Å². The first-order chi connectivity index (χ1) is 8.81. The van der Waals surface area contributed by atoms with Gasteiger partial charge in [0.25, 0.3) is 0 Å². The van der Waals surface area contributed by atoms with Crippen LogP contribution in [0.1, 0.15) is 6.92 Å². The molecule has 1 fully saturated rings. The molecule has 2 rings (SSSR count). The highest BCUT2D eigenvalue weighted by atomic mass is 16.8. The van der Waals surface area contributed by atoms with Crippen molar-refractivity contribution in [2.75, 3.05) is 26.9 Å². The van der Waals surface area contributed by atoms with Crippen molar-refractivity contribution >= 4 is 0 Å². The Kier molecular flexibility index (Phi) is 4.81. The van der Waals surface area contributed by atoms with Gasteiger partial charge >= 0.3 is 6.48 Å². The van der Waals surface area contributed by atoms with Gasteiger partial charge in [0.2, 0.25) is 0 Å². The van der Waals surface area contributed by atoms with E-state index in [0.717, 1.165) is 12.4 Å². The number of hydrogen-bond acceptors (Lipinski definition) is 5. The zero-order chi connectivity index (χ0) is 12.8. The molecule has 0 saturated carbocycles. The summed E-state index contributed by atoms with van der Waals surface area (Å²) >= 11 is 0. The molecular weight excluding hydrogens is 236 g/mol. The van der Waals surface area contributed by atoms with Crippen LogP contribution in [-0.2, 0) is 14.2 Å². The summed E-state index contributed by atoms with van der Waals surface area (Å²) in [6.07, 6.45) is 0.261. The van der Waals surface area contributed by atoms with Crippen molar-refractivity contribution in [2.24, 2.45) is 0 Å². The van der Waals surface area contributed by atoms with Gasteiger partial charge in [-0.2, -0.15) is 0 Å². The van der Waals surface area contributed by atoms with Crippen LogP contribution in [0, 0.1) is 0 Å². The Labute approximate surface area is 107 Å². The Morgan fingerprint density at radius 2 is 1.94 bits per heavy atom. The van der Waals surface area contributed by atoms with Gasteiger partial charge in [0, 0.05) is 7.11 Å². The van der Waals surface area contributed by atoms with Gasteiger partial charge in [-0.25, -0.2) is 0 Å². The molecule has 2 unspecified atom stereocenters. The second kappa shape index (κ2) is 6.58. The molecule has 0 radical (unpaired) electrons. The summed E-state index contributed by atoms with van der Waals surface area (Å²) < 4.78 is 26.3. The van der Waals surface area contributed by atoms with Crippen LogP contribution in [0.5, 0.6) is 11.5 Å². The van der Waals surface area contributed by atoms with Gasteiger partial charge in [-0.05, 0) is 31.2 Å². The second-order valence-corrected chi connectivity index (χ2v) is 3.84. The van der Waals surface area contributed by atoms with Crippen LogP contribution in [0.4, 0.5) is 0 Å². The van der Waals surface area contributed by atoms with Gasteiger partial charge in [-0.3, -0.25) is 0 Å². The first-order valence-electron chi connectivity index (χ1n) is 5.97. The molecule has 5 nitrogen and oxygen atoms in total. The fraction of sp³-hybridized carbons (Fsp3) is 0.538. The van der Waals surface area contributed by atoms with E-state index in [9.17, 15) is 0 Å². The summed E-state index contributed by atoms with van der Waals surface area (Å²) in [6, 6.07) is 7.31. The molecule has 0 spiro atoms. The Hall–Kier alpha value is -1.30. The average Bonchev–Trinajstić information content (AvgIpc) is 3.21. The zero-order valence-electron chi connectivity index (χ0n) is 10.6. The standard InChI is InChI=1S/C13H18O5/c1-3-15-13(14-2)18-11-6-4-10(5-7-11)16-8-12-9-17-12/h4-7,12-13H,3,8-9H2,1-2H3. The van der Waals surface area contributed by atoms with Crippen molar-refractivity contribution in [1.82, 2.24) is 0 Å². The maximum atomic E-state index is 5.52. The van der Waals surface area contributed by atoms with E-state index in [1.165, 1.54) is 7.11 Å². The predicted molar refractivity (Wildman–Crippen MR) is 64.7 cm³/mol. The van der Waals surface area contributed by atoms with Gasteiger partial charge in [-0.1, -0.05) is 0 Å². The molecule has 2 atom stereocenters. The number of rotatable bonds is 8. The fourth-order valence-electron chi connectivity index (χ4n) is 1.37. The smallest absolute Gasteiger partial charge is 0.315 e. The molecule has 0 aromatic heterocycles. The first-order valence-corrected chi connectivity index (χ1v) is 5.97. The van der Waals surface area contributed by atoms with Crippen LogP contribution in [0.3, 0.4) is 0 Å². The molecule has 1 aromatic carbocycles. The van der Waals surface area contributed by atoms with Crippen molar-refractivity contribution in [3.8, 4) is 11.5 Å². The topological polar surface area (TPSA) is 49.5 Å². The molecule has 0 bridgehead atoms. The lowest BCUT2D eigenvalue weighted by atomic mass is 10.3. The molecule has 1 aliphatic rings. The number of ether oxygens (including phenoxy) is 5. The molecule has 0 amide bonds. The lowest BCUT2D eigenvalue weighted by Crippen LogP contribution is -2.22. The van der Waals surface area contributed by atoms with E-state index in [4.69, 9.17) is 23.7 Å². The normalized spacial score (nSPS) is 19.3. The third-order valence-corrected chi connectivity index (χ3v) is 2.39. The van der Waals surface area contributed by atoms with E-state index in [-0.39, 0.29) is 6.10 Å². The summed E-state index contributed by atoms with van der Waals surface area (Å²) in [5.41, 5.74) is 0. The Morgan fingerprint density at radius 1 is 1.28 bits per heavy atom. The SMILES string of the molecule is CCOC(OC)Oc1ccc(OCC2CO2)cc1. The number of hydrogen-bond donors (Lipinski definition) is 0. The van der Waals surface area contributed by atoms with Crippen LogP contribution >= 0.6 is 0 Å². The van der Waals surface area contributed by atoms with Crippen molar-refractivity contribution in [3.05, 3.63) is 24.3 Å². The van der Waals surface area contributed by atoms with E-state index >= 15 is 0 Å². The monoisotopic (exact) mass is 254 g/mol. The minimum absolute atomic E-state index is 0.261. The van der Waals surface area contributed by atoms with E-state index in [1.54, 1.807) is 0 Å². The third-order valence-electron chi connectivity index (χ3n) is 2.39. The van der Waals surface area contributed by atoms with Crippen molar-refractivity contribution < 1.29 is 23.7 Å². The lowest BCUT2D eigenvalue weighted by Gasteiger charge is -2.16. The van der Waals surface area contributed by atoms with Gasteiger partial charge in [0.1, 0.15) is 24.2 Å². The molecule has 1 aromatic rings. The molecule has 0 aliphatic carbocycles. The van der Waals surface area contributed by atoms with Crippen LogP contribution in [-0.4, -0.2) is 39.5 Å². The predicted octanol–water partition coefficient (Wildman–Crippen LogP) is 1.81. The molecule has 1 saturated heterocycles. The van der Waals surface area contributed by atoms with E-state index < -0.39 is 6.48 Å². The molecular formula is C13H18O5. The van der Waals surface area contributed by atoms with Crippen LogP contribution < -0.4 is 9.47 Å². The van der Waals surface area contributed by atoms with Crippen LogP contribution in [0.2, 0.25) is 0 Å². The Balaban J connectivity index is 1.81. The first kappa shape index (κ1) is 13.1. The highest BCUT2D eigenvalue weighted by molar-refractivity contribution is 5.31. The van der Waals surface area contributed by atoms with E-state index in [2.05, 4.69) is 0 Å². The molecule has 1 aliphatic heterocycles. The fourth-order valence-corrected chi connectivity index (χ4v) is 1.37. The number of epoxide rings is 1. The molecule has 1 heterocycles. The molecule has 100 valence electrons. The molecule has 5 heteroatoms. The minimum Gasteiger partial charge on any atom is -0.491 e. The third kappa shape index (κ3) is 4.18. The number of methoxy groups -OCH3 is 1. The van der Waals surface area contributed by atoms with Gasteiger partial charge < -0.3 is 23.7 Å². The van der Waals surface area contributed by atoms with E-state index in [1.807, 2.05) is 31.2 Å². The Bertz CT molecular complexity index is 347. The van der Waals surface area contributed by atoms with Crippen LogP contribution in [0.15, 0.2) is 24.3 Å². The lowest BCUT2D eigenvalue weighted by molar-refractivity contribution is -0.231. The maximum absolute atomic E-state index is 5.52. The Morgan fingerprint density at radius 3 is 2.50 bits per heavy atom. The second-order valence-electron chi connectivity index (χ2n) is 3.84. The highest BCUT2D eigenvalue weighted by Gasteiger charge is 2.22. The molecule has 0 N–H and O–H groups in total. The molecule has 18 heavy (non-hydrogen) atoms. The van der Waals surface area contributed by atoms with Crippen molar-refractivity contribution in [2.45, 2.75) is 19.5 Å². The summed E-state index contributed by atoms with van der Waals surface area (Å²) in [4.78, 5) is 0. The highest BCUT2D eigenvalue weighted by Crippen LogP contribution is 2.20. The summed E-state index contributed by atoms with van der Waals surface area (Å²) in [5.74, 6) is 1.47. The summed E-state index contributed by atoms with van der Waals surface area (Å²) in [5, 5.41) is 0.